The van der Waals surface area contributed by atoms with E-state index in [0.717, 1.165) is 48.3 Å². The van der Waals surface area contributed by atoms with Gasteiger partial charge in [-0.05, 0) is 55.2 Å². The lowest BCUT2D eigenvalue weighted by atomic mass is 10.1. The molecule has 1 atom stereocenters. The molecule has 3 rings (SSSR count). The Balaban J connectivity index is 1.75. The van der Waals surface area contributed by atoms with Crippen LogP contribution < -0.4 is 14.8 Å². The molecular formula is C25H32N2O4. The van der Waals surface area contributed by atoms with Crippen molar-refractivity contribution in [3.8, 4) is 11.5 Å². The maximum absolute atomic E-state index is 13.3. The molecule has 166 valence electrons. The lowest BCUT2D eigenvalue weighted by Gasteiger charge is -2.30. The van der Waals surface area contributed by atoms with E-state index in [2.05, 4.69) is 5.32 Å². The molecule has 2 aromatic carbocycles. The van der Waals surface area contributed by atoms with Crippen LogP contribution in [0.2, 0.25) is 0 Å². The molecule has 2 amide bonds. The summed E-state index contributed by atoms with van der Waals surface area (Å²) >= 11 is 0. The Labute approximate surface area is 184 Å². The fourth-order valence-electron chi connectivity index (χ4n) is 3.92. The quantitative estimate of drug-likeness (QED) is 0.666. The lowest BCUT2D eigenvalue weighted by molar-refractivity contribution is -0.140. The molecule has 0 unspecified atom stereocenters. The van der Waals surface area contributed by atoms with Gasteiger partial charge in [0.1, 0.15) is 17.5 Å². The predicted octanol–water partition coefficient (Wildman–Crippen LogP) is 3.72. The summed E-state index contributed by atoms with van der Waals surface area (Å²) in [6.07, 6.45) is 4.53. The van der Waals surface area contributed by atoms with E-state index in [1.54, 1.807) is 26.0 Å². The van der Waals surface area contributed by atoms with E-state index in [1.165, 1.54) is 0 Å². The van der Waals surface area contributed by atoms with Gasteiger partial charge in [0, 0.05) is 12.6 Å². The highest BCUT2D eigenvalue weighted by atomic mass is 16.5. The van der Waals surface area contributed by atoms with Crippen LogP contribution in [0.5, 0.6) is 11.5 Å². The summed E-state index contributed by atoms with van der Waals surface area (Å²) in [5, 5.41) is 3.13. The Morgan fingerprint density at radius 3 is 1.97 bits per heavy atom. The van der Waals surface area contributed by atoms with E-state index in [-0.39, 0.29) is 24.3 Å². The molecule has 1 aliphatic rings. The van der Waals surface area contributed by atoms with E-state index < -0.39 is 6.04 Å². The number of hydrogen-bond donors (Lipinski definition) is 1. The molecule has 1 saturated carbocycles. The van der Waals surface area contributed by atoms with Gasteiger partial charge in [0.15, 0.2) is 0 Å². The van der Waals surface area contributed by atoms with Crippen molar-refractivity contribution in [1.29, 1.82) is 0 Å². The highest BCUT2D eigenvalue weighted by Gasteiger charge is 2.28. The van der Waals surface area contributed by atoms with Crippen LogP contribution in [0.4, 0.5) is 0 Å². The zero-order valence-corrected chi connectivity index (χ0v) is 18.6. The summed E-state index contributed by atoms with van der Waals surface area (Å²) in [5.74, 6) is 1.32. The van der Waals surface area contributed by atoms with Gasteiger partial charge >= 0.3 is 0 Å². The minimum absolute atomic E-state index is 0.0879. The Morgan fingerprint density at radius 1 is 0.935 bits per heavy atom. The molecule has 2 aromatic rings. The molecule has 0 aromatic heterocycles. The maximum atomic E-state index is 13.3. The summed E-state index contributed by atoms with van der Waals surface area (Å²) < 4.78 is 10.4. The monoisotopic (exact) mass is 424 g/mol. The number of nitrogens with one attached hydrogen (secondary N) is 1. The number of methoxy groups -OCH3 is 2. The number of carbonyl (C=O) groups excluding carboxylic acids is 2. The molecule has 0 radical (unpaired) electrons. The van der Waals surface area contributed by atoms with E-state index in [1.807, 2.05) is 48.5 Å². The van der Waals surface area contributed by atoms with Gasteiger partial charge in [-0.3, -0.25) is 9.59 Å². The standard InChI is InChI=1S/C25H32N2O4/c1-18(25(29)26-21-6-4-5-7-21)27(17-20-10-14-23(31-3)15-11-20)24(28)16-19-8-12-22(30-2)13-9-19/h8-15,18,21H,4-7,16-17H2,1-3H3,(H,26,29)/t18-/m1/s1. The number of ether oxygens (including phenoxy) is 2. The average Bonchev–Trinajstić information content (AvgIpc) is 3.31. The number of carbonyl (C=O) groups is 2. The Morgan fingerprint density at radius 2 is 1.45 bits per heavy atom. The molecule has 0 spiro atoms. The lowest BCUT2D eigenvalue weighted by Crippen LogP contribution is -2.50. The first-order valence-corrected chi connectivity index (χ1v) is 10.9. The highest BCUT2D eigenvalue weighted by molar-refractivity contribution is 5.88. The van der Waals surface area contributed by atoms with Crippen LogP contribution in [0.3, 0.4) is 0 Å². The van der Waals surface area contributed by atoms with Crippen molar-refractivity contribution in [2.24, 2.45) is 0 Å². The molecule has 6 heteroatoms. The van der Waals surface area contributed by atoms with E-state index in [9.17, 15) is 9.59 Å². The van der Waals surface area contributed by atoms with E-state index in [0.29, 0.717) is 6.54 Å². The van der Waals surface area contributed by atoms with Crippen LogP contribution in [0, 0.1) is 0 Å². The Hall–Kier alpha value is -3.02. The Bertz CT molecular complexity index is 858. The zero-order valence-electron chi connectivity index (χ0n) is 18.6. The van der Waals surface area contributed by atoms with Crippen molar-refractivity contribution in [3.05, 3.63) is 59.7 Å². The van der Waals surface area contributed by atoms with Crippen LogP contribution in [0.15, 0.2) is 48.5 Å². The first-order chi connectivity index (χ1) is 15.0. The second-order valence-corrected chi connectivity index (χ2v) is 8.06. The summed E-state index contributed by atoms with van der Waals surface area (Å²) in [5.41, 5.74) is 1.83. The second kappa shape index (κ2) is 10.8. The van der Waals surface area contributed by atoms with E-state index >= 15 is 0 Å². The van der Waals surface area contributed by atoms with Crippen molar-refractivity contribution < 1.29 is 19.1 Å². The topological polar surface area (TPSA) is 67.9 Å². The number of hydrogen-bond acceptors (Lipinski definition) is 4. The molecule has 0 aliphatic heterocycles. The van der Waals surface area contributed by atoms with Gasteiger partial charge in [0.25, 0.3) is 0 Å². The van der Waals surface area contributed by atoms with Crippen molar-refractivity contribution in [1.82, 2.24) is 10.2 Å². The van der Waals surface area contributed by atoms with Crippen LogP contribution in [0.25, 0.3) is 0 Å². The first-order valence-electron chi connectivity index (χ1n) is 10.9. The molecule has 1 aliphatic carbocycles. The van der Waals surface area contributed by atoms with Gasteiger partial charge in [-0.2, -0.15) is 0 Å². The number of amides is 2. The Kier molecular flexibility index (Phi) is 7.93. The van der Waals surface area contributed by atoms with Gasteiger partial charge in [-0.15, -0.1) is 0 Å². The van der Waals surface area contributed by atoms with Crippen LogP contribution in [-0.4, -0.2) is 43.0 Å². The maximum Gasteiger partial charge on any atom is 0.242 e. The number of rotatable bonds is 9. The van der Waals surface area contributed by atoms with Crippen LogP contribution >= 0.6 is 0 Å². The van der Waals surface area contributed by atoms with Crippen molar-refractivity contribution in [2.45, 2.75) is 57.7 Å². The summed E-state index contributed by atoms with van der Waals surface area (Å²) in [7, 11) is 3.23. The smallest absolute Gasteiger partial charge is 0.242 e. The zero-order chi connectivity index (χ0) is 22.2. The third-order valence-corrected chi connectivity index (χ3v) is 5.90. The molecule has 31 heavy (non-hydrogen) atoms. The molecular weight excluding hydrogens is 392 g/mol. The molecule has 0 bridgehead atoms. The van der Waals surface area contributed by atoms with Gasteiger partial charge < -0.3 is 19.7 Å². The SMILES string of the molecule is COc1ccc(CC(=O)N(Cc2ccc(OC)cc2)[C@H](C)C(=O)NC2CCCC2)cc1. The summed E-state index contributed by atoms with van der Waals surface area (Å²) in [6.45, 7) is 2.16. The van der Waals surface area contributed by atoms with Gasteiger partial charge in [-0.1, -0.05) is 37.1 Å². The van der Waals surface area contributed by atoms with Gasteiger partial charge in [-0.25, -0.2) is 0 Å². The van der Waals surface area contributed by atoms with Gasteiger partial charge in [0.2, 0.25) is 11.8 Å². The average molecular weight is 425 g/mol. The fourth-order valence-corrected chi connectivity index (χ4v) is 3.92. The second-order valence-electron chi connectivity index (χ2n) is 8.06. The van der Waals surface area contributed by atoms with Crippen LogP contribution in [-0.2, 0) is 22.6 Å². The van der Waals surface area contributed by atoms with E-state index in [4.69, 9.17) is 9.47 Å². The third kappa shape index (κ3) is 6.23. The van der Waals surface area contributed by atoms with Crippen LogP contribution in [0.1, 0.15) is 43.7 Å². The van der Waals surface area contributed by atoms with Gasteiger partial charge in [0.05, 0.1) is 20.6 Å². The predicted molar refractivity (Wildman–Crippen MR) is 120 cm³/mol. The minimum Gasteiger partial charge on any atom is -0.497 e. The first kappa shape index (κ1) is 22.7. The van der Waals surface area contributed by atoms with Crippen molar-refractivity contribution in [3.63, 3.8) is 0 Å². The molecule has 1 N–H and O–H groups in total. The highest BCUT2D eigenvalue weighted by Crippen LogP contribution is 2.20. The summed E-state index contributed by atoms with van der Waals surface area (Å²) in [6, 6.07) is 14.7. The molecule has 6 nitrogen and oxygen atoms in total. The third-order valence-electron chi connectivity index (χ3n) is 5.90. The molecule has 1 fully saturated rings. The number of benzene rings is 2. The fraction of sp³-hybridized carbons (Fsp3) is 0.440. The largest absolute Gasteiger partial charge is 0.497 e. The molecule has 0 saturated heterocycles. The van der Waals surface area contributed by atoms with Crippen molar-refractivity contribution in [2.75, 3.05) is 14.2 Å². The number of nitrogens with zero attached hydrogens (tertiary/aromatic N) is 1. The molecule has 0 heterocycles. The van der Waals surface area contributed by atoms with Crippen molar-refractivity contribution >= 4 is 11.8 Å². The minimum atomic E-state index is -0.562. The normalized spacial score (nSPS) is 14.7. The summed E-state index contributed by atoms with van der Waals surface area (Å²) in [4.78, 5) is 27.9.